The summed E-state index contributed by atoms with van der Waals surface area (Å²) in [5.74, 6) is 0.0608. The van der Waals surface area contributed by atoms with Crippen LogP contribution >= 0.6 is 11.6 Å². The molecule has 3 rings (SSSR count). The van der Waals surface area contributed by atoms with E-state index in [2.05, 4.69) is 15.0 Å². The van der Waals surface area contributed by atoms with Gasteiger partial charge in [-0.25, -0.2) is 4.98 Å². The Balaban J connectivity index is 1.53. The third-order valence-corrected chi connectivity index (χ3v) is 4.35. The van der Waals surface area contributed by atoms with E-state index in [4.69, 9.17) is 11.6 Å². The Kier molecular flexibility index (Phi) is 4.97. The van der Waals surface area contributed by atoms with E-state index >= 15 is 0 Å². The molecular weight excluding hydrogens is 316 g/mol. The van der Waals surface area contributed by atoms with Gasteiger partial charge in [-0.15, -0.1) is 0 Å². The molecule has 1 aliphatic rings. The largest absolute Gasteiger partial charge is 0.336 e. The first-order valence-corrected chi connectivity index (χ1v) is 8.17. The average Bonchev–Trinajstić information content (AvgIpc) is 3.06. The first-order chi connectivity index (χ1) is 11.1. The number of rotatable bonds is 4. The predicted octanol–water partition coefficient (Wildman–Crippen LogP) is 1.12. The Morgan fingerprint density at radius 3 is 2.78 bits per heavy atom. The Morgan fingerprint density at radius 1 is 1.22 bits per heavy atom. The van der Waals surface area contributed by atoms with Crippen molar-refractivity contribution in [2.24, 2.45) is 7.05 Å². The molecule has 0 radical (unpaired) electrons. The first kappa shape index (κ1) is 16.0. The van der Waals surface area contributed by atoms with Crippen molar-refractivity contribution in [3.05, 3.63) is 35.6 Å². The van der Waals surface area contributed by atoms with Gasteiger partial charge in [0.05, 0.1) is 30.3 Å². The minimum atomic E-state index is 0.0608. The van der Waals surface area contributed by atoms with Crippen molar-refractivity contribution < 1.29 is 4.79 Å². The fraction of sp³-hybridized carbons (Fsp3) is 0.533. The number of imidazole rings is 1. The molecule has 2 aromatic rings. The molecule has 2 aromatic heterocycles. The van der Waals surface area contributed by atoms with Crippen molar-refractivity contribution in [3.63, 3.8) is 0 Å². The number of carbonyl (C=O) groups excluding carboxylic acids is 1. The molecule has 8 heteroatoms. The lowest BCUT2D eigenvalue weighted by molar-refractivity contribution is 0.0751. The van der Waals surface area contributed by atoms with Gasteiger partial charge in [-0.3, -0.25) is 14.4 Å². The van der Waals surface area contributed by atoms with E-state index in [1.54, 1.807) is 23.3 Å². The molecule has 0 saturated carbocycles. The highest BCUT2D eigenvalue weighted by atomic mass is 35.5. The summed E-state index contributed by atoms with van der Waals surface area (Å²) in [5, 5.41) is 4.86. The maximum atomic E-state index is 12.5. The van der Waals surface area contributed by atoms with Crippen LogP contribution in [0.4, 0.5) is 0 Å². The van der Waals surface area contributed by atoms with Gasteiger partial charge >= 0.3 is 0 Å². The molecule has 1 amide bonds. The zero-order valence-corrected chi connectivity index (χ0v) is 14.0. The number of aromatic nitrogens is 4. The third kappa shape index (κ3) is 3.92. The van der Waals surface area contributed by atoms with E-state index in [9.17, 15) is 4.79 Å². The Morgan fingerprint density at radius 2 is 2.09 bits per heavy atom. The van der Waals surface area contributed by atoms with Crippen LogP contribution in [0.1, 0.15) is 16.9 Å². The number of hydrogen-bond donors (Lipinski definition) is 0. The summed E-state index contributed by atoms with van der Waals surface area (Å²) in [6, 6.07) is 0. The number of hydrogen-bond acceptors (Lipinski definition) is 4. The van der Waals surface area contributed by atoms with Gasteiger partial charge in [0.25, 0.3) is 5.91 Å². The van der Waals surface area contributed by atoms with Gasteiger partial charge < -0.3 is 9.47 Å². The summed E-state index contributed by atoms with van der Waals surface area (Å²) < 4.78 is 3.62. The smallest absolute Gasteiger partial charge is 0.272 e. The quantitative estimate of drug-likeness (QED) is 0.839. The standard InChI is InChI=1S/C15H21ClN6O/c1-19-12-17-10-14(19)15(23)21-4-2-3-20(5-7-21)6-8-22-11-13(16)9-18-22/h9-12H,2-8H2,1H3. The molecule has 0 atom stereocenters. The van der Waals surface area contributed by atoms with E-state index in [1.807, 2.05) is 22.8 Å². The lowest BCUT2D eigenvalue weighted by Crippen LogP contribution is -2.36. The molecule has 0 aliphatic carbocycles. The normalized spacial score (nSPS) is 16.5. The zero-order chi connectivity index (χ0) is 16.2. The lowest BCUT2D eigenvalue weighted by atomic mass is 10.3. The van der Waals surface area contributed by atoms with Crippen LogP contribution in [0, 0.1) is 0 Å². The maximum absolute atomic E-state index is 12.5. The highest BCUT2D eigenvalue weighted by Gasteiger charge is 2.22. The SMILES string of the molecule is Cn1cncc1C(=O)N1CCCN(CCn2cc(Cl)cn2)CC1. The van der Waals surface area contributed by atoms with Crippen LogP contribution in [0.2, 0.25) is 5.02 Å². The molecule has 7 nitrogen and oxygen atoms in total. The van der Waals surface area contributed by atoms with Gasteiger partial charge in [-0.1, -0.05) is 11.6 Å². The topological polar surface area (TPSA) is 59.2 Å². The van der Waals surface area contributed by atoms with Crippen LogP contribution in [0.15, 0.2) is 24.9 Å². The highest BCUT2D eigenvalue weighted by Crippen LogP contribution is 2.09. The predicted molar refractivity (Wildman–Crippen MR) is 87.4 cm³/mol. The van der Waals surface area contributed by atoms with Gasteiger partial charge in [-0.2, -0.15) is 5.10 Å². The van der Waals surface area contributed by atoms with Crippen LogP contribution in [-0.2, 0) is 13.6 Å². The molecule has 0 aromatic carbocycles. The number of amides is 1. The molecular formula is C15H21ClN6O. The van der Waals surface area contributed by atoms with E-state index in [0.29, 0.717) is 10.7 Å². The van der Waals surface area contributed by atoms with Crippen LogP contribution < -0.4 is 0 Å². The van der Waals surface area contributed by atoms with Crippen molar-refractivity contribution in [3.8, 4) is 0 Å². The average molecular weight is 337 g/mol. The Hall–Kier alpha value is -1.86. The first-order valence-electron chi connectivity index (χ1n) is 7.79. The van der Waals surface area contributed by atoms with Gasteiger partial charge in [0.1, 0.15) is 5.69 Å². The van der Waals surface area contributed by atoms with E-state index in [-0.39, 0.29) is 5.91 Å². The lowest BCUT2D eigenvalue weighted by Gasteiger charge is -2.22. The van der Waals surface area contributed by atoms with Crippen molar-refractivity contribution in [2.45, 2.75) is 13.0 Å². The van der Waals surface area contributed by atoms with Crippen molar-refractivity contribution >= 4 is 17.5 Å². The molecule has 23 heavy (non-hydrogen) atoms. The number of nitrogens with zero attached hydrogens (tertiary/aromatic N) is 6. The fourth-order valence-electron chi connectivity index (χ4n) is 2.83. The molecule has 1 fully saturated rings. The van der Waals surface area contributed by atoms with Crippen molar-refractivity contribution in [2.75, 3.05) is 32.7 Å². The van der Waals surface area contributed by atoms with Crippen molar-refractivity contribution in [1.29, 1.82) is 0 Å². The van der Waals surface area contributed by atoms with Gasteiger partial charge in [0, 0.05) is 39.4 Å². The second kappa shape index (κ2) is 7.14. The van der Waals surface area contributed by atoms with Crippen LogP contribution in [-0.4, -0.2) is 67.8 Å². The summed E-state index contributed by atoms with van der Waals surface area (Å²) in [7, 11) is 1.85. The summed E-state index contributed by atoms with van der Waals surface area (Å²) in [4.78, 5) is 20.9. The van der Waals surface area contributed by atoms with Gasteiger partial charge in [-0.05, 0) is 13.0 Å². The van der Waals surface area contributed by atoms with Gasteiger partial charge in [0.15, 0.2) is 0 Å². The molecule has 1 aliphatic heterocycles. The molecule has 0 N–H and O–H groups in total. The third-order valence-electron chi connectivity index (χ3n) is 4.16. The molecule has 3 heterocycles. The summed E-state index contributed by atoms with van der Waals surface area (Å²) in [6.07, 6.45) is 7.75. The van der Waals surface area contributed by atoms with E-state index < -0.39 is 0 Å². The molecule has 1 saturated heterocycles. The number of halogens is 1. The summed E-state index contributed by atoms with van der Waals surface area (Å²) in [6.45, 7) is 5.11. The number of carbonyl (C=O) groups is 1. The molecule has 0 unspecified atom stereocenters. The fourth-order valence-corrected chi connectivity index (χ4v) is 2.98. The molecule has 0 bridgehead atoms. The highest BCUT2D eigenvalue weighted by molar-refractivity contribution is 6.30. The van der Waals surface area contributed by atoms with Crippen LogP contribution in [0.25, 0.3) is 0 Å². The van der Waals surface area contributed by atoms with Crippen LogP contribution in [0.3, 0.4) is 0 Å². The minimum Gasteiger partial charge on any atom is -0.336 e. The Labute approximate surface area is 140 Å². The summed E-state index contributed by atoms with van der Waals surface area (Å²) in [5.41, 5.74) is 0.643. The molecule has 124 valence electrons. The monoisotopic (exact) mass is 336 g/mol. The second-order valence-electron chi connectivity index (χ2n) is 5.80. The maximum Gasteiger partial charge on any atom is 0.272 e. The second-order valence-corrected chi connectivity index (χ2v) is 6.24. The van der Waals surface area contributed by atoms with E-state index in [1.165, 1.54) is 0 Å². The van der Waals surface area contributed by atoms with E-state index in [0.717, 1.165) is 45.7 Å². The zero-order valence-electron chi connectivity index (χ0n) is 13.2. The minimum absolute atomic E-state index is 0.0608. The number of aryl methyl sites for hydroxylation is 1. The Bertz CT molecular complexity index is 666. The summed E-state index contributed by atoms with van der Waals surface area (Å²) >= 11 is 5.88. The van der Waals surface area contributed by atoms with Crippen molar-refractivity contribution in [1.82, 2.24) is 29.1 Å². The molecule has 0 spiro atoms. The van der Waals surface area contributed by atoms with Gasteiger partial charge in [0.2, 0.25) is 0 Å². The van der Waals surface area contributed by atoms with Crippen LogP contribution in [0.5, 0.6) is 0 Å².